The minimum atomic E-state index is -0.0616. The predicted octanol–water partition coefficient (Wildman–Crippen LogP) is 0.625. The van der Waals surface area contributed by atoms with Gasteiger partial charge < -0.3 is 9.64 Å². The summed E-state index contributed by atoms with van der Waals surface area (Å²) in [7, 11) is 3.39. The van der Waals surface area contributed by atoms with Crippen molar-refractivity contribution in [2.75, 3.05) is 20.7 Å². The molecule has 0 fully saturated rings. The van der Waals surface area contributed by atoms with Crippen molar-refractivity contribution in [3.63, 3.8) is 0 Å². The molecule has 0 saturated carbocycles. The Kier molecular flexibility index (Phi) is 4.37. The summed E-state index contributed by atoms with van der Waals surface area (Å²) in [5, 5.41) is 0. The molecular weight excluding hydrogens is 130 g/mol. The topological polar surface area (TPSA) is 29.5 Å². The Morgan fingerprint density at radius 2 is 2.20 bits per heavy atom. The molecule has 0 spiro atoms. The van der Waals surface area contributed by atoms with Crippen molar-refractivity contribution >= 4 is 5.91 Å². The molecule has 10 heavy (non-hydrogen) atoms. The molecule has 3 nitrogen and oxygen atoms in total. The van der Waals surface area contributed by atoms with Gasteiger partial charge in [0.25, 0.3) is 0 Å². The number of amides is 1. The summed E-state index contributed by atoms with van der Waals surface area (Å²) in [6.07, 6.45) is 2.80. The lowest BCUT2D eigenvalue weighted by Gasteiger charge is -2.04. The molecule has 0 aliphatic heterocycles. The summed E-state index contributed by atoms with van der Waals surface area (Å²) in [6.45, 7) is 2.46. The van der Waals surface area contributed by atoms with Gasteiger partial charge in [0.15, 0.2) is 0 Å². The molecule has 0 aromatic heterocycles. The van der Waals surface area contributed by atoms with Crippen LogP contribution in [0.5, 0.6) is 0 Å². The van der Waals surface area contributed by atoms with Gasteiger partial charge in [0.1, 0.15) is 0 Å². The molecule has 1 amide bonds. The zero-order valence-corrected chi connectivity index (χ0v) is 6.63. The second kappa shape index (κ2) is 4.85. The Morgan fingerprint density at radius 3 is 2.60 bits per heavy atom. The molecule has 0 heterocycles. The molecule has 3 heteroatoms. The van der Waals surface area contributed by atoms with Gasteiger partial charge in [-0.3, -0.25) is 4.79 Å². The van der Waals surface area contributed by atoms with E-state index in [1.54, 1.807) is 14.1 Å². The van der Waals surface area contributed by atoms with Gasteiger partial charge in [-0.25, -0.2) is 0 Å². The van der Waals surface area contributed by atoms with Crippen LogP contribution < -0.4 is 0 Å². The molecule has 0 saturated heterocycles. The van der Waals surface area contributed by atoms with Crippen molar-refractivity contribution in [1.29, 1.82) is 0 Å². The first-order valence-electron chi connectivity index (χ1n) is 3.18. The van der Waals surface area contributed by atoms with Crippen molar-refractivity contribution in [3.05, 3.63) is 12.3 Å². The average Bonchev–Trinajstić information content (AvgIpc) is 1.88. The van der Waals surface area contributed by atoms with Crippen molar-refractivity contribution < 1.29 is 9.53 Å². The molecule has 0 bridgehead atoms. The van der Waals surface area contributed by atoms with E-state index in [4.69, 9.17) is 4.74 Å². The summed E-state index contributed by atoms with van der Waals surface area (Å²) in [5.41, 5.74) is 0. The van der Waals surface area contributed by atoms with Crippen molar-refractivity contribution in [1.82, 2.24) is 4.90 Å². The smallest absolute Gasteiger partial charge is 0.249 e. The molecule has 0 rings (SSSR count). The number of carbonyl (C=O) groups excluding carboxylic acids is 1. The largest absolute Gasteiger partial charge is 0.501 e. The third-order valence-electron chi connectivity index (χ3n) is 0.914. The van der Waals surface area contributed by atoms with E-state index in [-0.39, 0.29) is 5.91 Å². The summed E-state index contributed by atoms with van der Waals surface area (Å²) in [5.74, 6) is -0.0616. The maximum absolute atomic E-state index is 10.8. The van der Waals surface area contributed by atoms with Crippen LogP contribution in [0.15, 0.2) is 12.3 Å². The Labute approximate surface area is 61.3 Å². The van der Waals surface area contributed by atoms with Crippen LogP contribution in [0.3, 0.4) is 0 Å². The molecule has 58 valence electrons. The SMILES string of the molecule is CCOC=CC(=O)N(C)C. The first-order chi connectivity index (χ1) is 4.68. The van der Waals surface area contributed by atoms with E-state index in [0.29, 0.717) is 6.61 Å². The Balaban J connectivity index is 3.56. The molecular formula is C7H13NO2. The van der Waals surface area contributed by atoms with Gasteiger partial charge in [-0.2, -0.15) is 0 Å². The molecule has 0 radical (unpaired) electrons. The van der Waals surface area contributed by atoms with Gasteiger partial charge >= 0.3 is 0 Å². The van der Waals surface area contributed by atoms with Crippen LogP contribution in [0.2, 0.25) is 0 Å². The van der Waals surface area contributed by atoms with E-state index in [0.717, 1.165) is 0 Å². The highest BCUT2D eigenvalue weighted by Crippen LogP contribution is 1.82. The third-order valence-corrected chi connectivity index (χ3v) is 0.914. The van der Waals surface area contributed by atoms with Crippen LogP contribution >= 0.6 is 0 Å². The van der Waals surface area contributed by atoms with Crippen molar-refractivity contribution in [3.8, 4) is 0 Å². The highest BCUT2D eigenvalue weighted by molar-refractivity contribution is 5.86. The lowest BCUT2D eigenvalue weighted by molar-refractivity contribution is -0.123. The lowest BCUT2D eigenvalue weighted by atomic mass is 10.5. The Morgan fingerprint density at radius 1 is 1.60 bits per heavy atom. The van der Waals surface area contributed by atoms with E-state index >= 15 is 0 Å². The highest BCUT2D eigenvalue weighted by atomic mass is 16.5. The van der Waals surface area contributed by atoms with Gasteiger partial charge in [0, 0.05) is 20.2 Å². The van der Waals surface area contributed by atoms with Crippen LogP contribution in [0, 0.1) is 0 Å². The van der Waals surface area contributed by atoms with Gasteiger partial charge in [-0.1, -0.05) is 0 Å². The normalized spacial score (nSPS) is 9.90. The van der Waals surface area contributed by atoms with E-state index in [1.165, 1.54) is 17.2 Å². The lowest BCUT2D eigenvalue weighted by Crippen LogP contribution is -2.18. The molecule has 0 aromatic carbocycles. The standard InChI is InChI=1S/C7H13NO2/c1-4-10-6-5-7(9)8(2)3/h5-6H,4H2,1-3H3. The van der Waals surface area contributed by atoms with E-state index < -0.39 is 0 Å². The molecule has 0 N–H and O–H groups in total. The number of ether oxygens (including phenoxy) is 1. The zero-order valence-electron chi connectivity index (χ0n) is 6.63. The number of nitrogens with zero attached hydrogens (tertiary/aromatic N) is 1. The van der Waals surface area contributed by atoms with Crippen LogP contribution in [0.4, 0.5) is 0 Å². The Hall–Kier alpha value is -0.990. The molecule has 0 aliphatic carbocycles. The number of carbonyl (C=O) groups is 1. The maximum Gasteiger partial charge on any atom is 0.249 e. The Bertz CT molecular complexity index is 130. The van der Waals surface area contributed by atoms with Gasteiger partial charge in [-0.05, 0) is 6.92 Å². The maximum atomic E-state index is 10.8. The fraction of sp³-hybridized carbons (Fsp3) is 0.571. The van der Waals surface area contributed by atoms with Gasteiger partial charge in [-0.15, -0.1) is 0 Å². The number of likely N-dealkylation sites (N-methyl/N-ethyl adjacent to an activating group) is 1. The van der Waals surface area contributed by atoms with E-state index in [9.17, 15) is 4.79 Å². The van der Waals surface area contributed by atoms with E-state index in [1.807, 2.05) is 6.92 Å². The minimum Gasteiger partial charge on any atom is -0.501 e. The minimum absolute atomic E-state index is 0.0616. The molecule has 0 unspecified atom stereocenters. The first kappa shape index (κ1) is 9.01. The average molecular weight is 143 g/mol. The summed E-state index contributed by atoms with van der Waals surface area (Å²) in [4.78, 5) is 12.3. The number of hydrogen-bond donors (Lipinski definition) is 0. The van der Waals surface area contributed by atoms with Crippen molar-refractivity contribution in [2.45, 2.75) is 6.92 Å². The zero-order chi connectivity index (χ0) is 7.98. The highest BCUT2D eigenvalue weighted by Gasteiger charge is 1.94. The fourth-order valence-electron chi connectivity index (χ4n) is 0.352. The fourth-order valence-corrected chi connectivity index (χ4v) is 0.352. The summed E-state index contributed by atoms with van der Waals surface area (Å²) in [6, 6.07) is 0. The van der Waals surface area contributed by atoms with Crippen LogP contribution in [0.25, 0.3) is 0 Å². The van der Waals surface area contributed by atoms with Crippen LogP contribution in [-0.2, 0) is 9.53 Å². The van der Waals surface area contributed by atoms with Gasteiger partial charge in [0.05, 0.1) is 12.9 Å². The number of rotatable bonds is 3. The summed E-state index contributed by atoms with van der Waals surface area (Å²) >= 11 is 0. The molecule has 0 aromatic rings. The first-order valence-corrected chi connectivity index (χ1v) is 3.18. The second-order valence-corrected chi connectivity index (χ2v) is 1.99. The summed E-state index contributed by atoms with van der Waals surface area (Å²) < 4.78 is 4.83. The number of hydrogen-bond acceptors (Lipinski definition) is 2. The third kappa shape index (κ3) is 3.95. The van der Waals surface area contributed by atoms with E-state index in [2.05, 4.69) is 0 Å². The van der Waals surface area contributed by atoms with Crippen LogP contribution in [0.1, 0.15) is 6.92 Å². The molecule has 0 atom stereocenters. The second-order valence-electron chi connectivity index (χ2n) is 1.99. The van der Waals surface area contributed by atoms with Crippen LogP contribution in [-0.4, -0.2) is 31.5 Å². The molecule has 0 aliphatic rings. The van der Waals surface area contributed by atoms with Gasteiger partial charge in [0.2, 0.25) is 5.91 Å². The van der Waals surface area contributed by atoms with Crippen molar-refractivity contribution in [2.24, 2.45) is 0 Å². The quantitative estimate of drug-likeness (QED) is 0.428. The monoisotopic (exact) mass is 143 g/mol. The predicted molar refractivity (Wildman–Crippen MR) is 39.5 cm³/mol.